The van der Waals surface area contributed by atoms with Crippen LogP contribution in [-0.4, -0.2) is 28.6 Å². The number of pyridine rings is 2. The maximum Gasteiger partial charge on any atom is 0.137 e. The zero-order valence-electron chi connectivity index (χ0n) is 25.2. The number of aromatic nitrogens is 3. The molecule has 0 bridgehead atoms. The number of anilines is 2. The van der Waals surface area contributed by atoms with Crippen molar-refractivity contribution in [2.45, 2.75) is 86.7 Å². The topological polar surface area (TPSA) is 46.0 Å². The molecule has 0 fully saturated rings. The van der Waals surface area contributed by atoms with Gasteiger partial charge in [-0.3, -0.25) is 0 Å². The van der Waals surface area contributed by atoms with Gasteiger partial charge in [0.05, 0.1) is 22.4 Å². The first kappa shape index (κ1) is 29.2. The van der Waals surface area contributed by atoms with E-state index in [0.717, 1.165) is 47.7 Å². The van der Waals surface area contributed by atoms with Gasteiger partial charge < -0.3 is 14.8 Å². The van der Waals surface area contributed by atoms with Gasteiger partial charge in [0.2, 0.25) is 0 Å². The molecule has 3 aromatic heterocycles. The lowest BCUT2D eigenvalue weighted by molar-refractivity contribution is 0.596. The Morgan fingerprint density at radius 3 is 2.26 bits per heavy atom. The van der Waals surface area contributed by atoms with E-state index in [9.17, 15) is 0 Å². The SMILES string of the molecule is CC.CCc1c(C)c2nc(-c3cccnc3N(C)C)cc(NCc3ccc(C(C)CC)cc3)c2n1C(C)C. The minimum Gasteiger partial charge on any atom is -0.379 e. The maximum atomic E-state index is 5.23. The van der Waals surface area contributed by atoms with E-state index in [-0.39, 0.29) is 0 Å². The molecular weight excluding hydrogens is 466 g/mol. The van der Waals surface area contributed by atoms with Gasteiger partial charge in [0.1, 0.15) is 5.82 Å². The van der Waals surface area contributed by atoms with E-state index in [1.807, 2.05) is 40.2 Å². The van der Waals surface area contributed by atoms with Crippen molar-refractivity contribution in [1.29, 1.82) is 0 Å². The molecule has 0 aliphatic heterocycles. The first-order chi connectivity index (χ1) is 18.3. The summed E-state index contributed by atoms with van der Waals surface area (Å²) in [6.07, 6.45) is 3.97. The summed E-state index contributed by atoms with van der Waals surface area (Å²) in [7, 11) is 4.06. The van der Waals surface area contributed by atoms with Crippen molar-refractivity contribution in [3.8, 4) is 11.3 Å². The van der Waals surface area contributed by atoms with Crippen LogP contribution in [0.4, 0.5) is 11.5 Å². The van der Waals surface area contributed by atoms with E-state index >= 15 is 0 Å². The van der Waals surface area contributed by atoms with E-state index in [0.29, 0.717) is 12.0 Å². The van der Waals surface area contributed by atoms with Crippen molar-refractivity contribution in [3.05, 3.63) is 71.0 Å². The van der Waals surface area contributed by atoms with Gasteiger partial charge in [-0.25, -0.2) is 9.97 Å². The molecule has 4 rings (SSSR count). The van der Waals surface area contributed by atoms with Crippen LogP contribution in [0.2, 0.25) is 0 Å². The summed E-state index contributed by atoms with van der Waals surface area (Å²) in [6.45, 7) is 18.3. The number of benzene rings is 1. The number of nitrogens with one attached hydrogen (secondary N) is 1. The molecule has 0 amide bonds. The lowest BCUT2D eigenvalue weighted by Gasteiger charge is -2.19. The second-order valence-corrected chi connectivity index (χ2v) is 10.3. The summed E-state index contributed by atoms with van der Waals surface area (Å²) in [5.74, 6) is 1.51. The number of hydrogen-bond acceptors (Lipinski definition) is 4. The number of fused-ring (bicyclic) bond motifs is 1. The Labute approximate surface area is 230 Å². The molecule has 4 aromatic rings. The predicted molar refractivity (Wildman–Crippen MR) is 166 cm³/mol. The zero-order valence-corrected chi connectivity index (χ0v) is 25.2. The molecule has 5 nitrogen and oxygen atoms in total. The average molecular weight is 514 g/mol. The van der Waals surface area contributed by atoms with Gasteiger partial charge in [-0.15, -0.1) is 0 Å². The van der Waals surface area contributed by atoms with Gasteiger partial charge in [0.15, 0.2) is 0 Å². The Kier molecular flexibility index (Phi) is 9.96. The molecule has 5 heteroatoms. The first-order valence-electron chi connectivity index (χ1n) is 14.3. The third-order valence-electron chi connectivity index (χ3n) is 7.29. The third-order valence-corrected chi connectivity index (χ3v) is 7.29. The molecule has 3 heterocycles. The second kappa shape index (κ2) is 12.9. The normalized spacial score (nSPS) is 11.9. The molecule has 0 saturated carbocycles. The molecule has 1 N–H and O–H groups in total. The van der Waals surface area contributed by atoms with E-state index < -0.39 is 0 Å². The van der Waals surface area contributed by atoms with Gasteiger partial charge in [-0.05, 0) is 74.4 Å². The number of hydrogen-bond donors (Lipinski definition) is 1. The summed E-state index contributed by atoms with van der Waals surface area (Å²) in [4.78, 5) is 11.9. The molecule has 204 valence electrons. The smallest absolute Gasteiger partial charge is 0.137 e. The summed E-state index contributed by atoms with van der Waals surface area (Å²) < 4.78 is 2.46. The third kappa shape index (κ3) is 5.87. The van der Waals surface area contributed by atoms with Crippen LogP contribution in [0.15, 0.2) is 48.7 Å². The van der Waals surface area contributed by atoms with E-state index in [4.69, 9.17) is 4.98 Å². The van der Waals surface area contributed by atoms with Crippen molar-refractivity contribution in [2.75, 3.05) is 24.3 Å². The van der Waals surface area contributed by atoms with Crippen LogP contribution >= 0.6 is 0 Å². The highest BCUT2D eigenvalue weighted by molar-refractivity contribution is 5.95. The highest BCUT2D eigenvalue weighted by atomic mass is 15.1. The molecule has 0 radical (unpaired) electrons. The Morgan fingerprint density at radius 1 is 1.00 bits per heavy atom. The summed E-state index contributed by atoms with van der Waals surface area (Å²) in [5, 5.41) is 3.79. The van der Waals surface area contributed by atoms with Crippen LogP contribution in [0.1, 0.15) is 89.2 Å². The van der Waals surface area contributed by atoms with Crippen LogP contribution in [-0.2, 0) is 13.0 Å². The molecule has 38 heavy (non-hydrogen) atoms. The quantitative estimate of drug-likeness (QED) is 0.243. The molecule has 0 spiro atoms. The molecule has 0 aliphatic rings. The molecule has 1 atom stereocenters. The molecular formula is C33H47N5. The fourth-order valence-corrected chi connectivity index (χ4v) is 5.12. The van der Waals surface area contributed by atoms with Gasteiger partial charge in [0, 0.05) is 44.1 Å². The average Bonchev–Trinajstić information content (AvgIpc) is 3.24. The van der Waals surface area contributed by atoms with Gasteiger partial charge >= 0.3 is 0 Å². The van der Waals surface area contributed by atoms with Crippen molar-refractivity contribution in [1.82, 2.24) is 14.5 Å². The van der Waals surface area contributed by atoms with Gasteiger partial charge in [-0.2, -0.15) is 0 Å². The molecule has 0 aliphatic carbocycles. The van der Waals surface area contributed by atoms with Crippen molar-refractivity contribution in [2.24, 2.45) is 0 Å². The highest BCUT2D eigenvalue weighted by Crippen LogP contribution is 2.37. The Morgan fingerprint density at radius 2 is 1.68 bits per heavy atom. The maximum absolute atomic E-state index is 5.23. The van der Waals surface area contributed by atoms with Crippen molar-refractivity contribution in [3.63, 3.8) is 0 Å². The van der Waals surface area contributed by atoms with E-state index in [1.54, 1.807) is 0 Å². The lowest BCUT2D eigenvalue weighted by atomic mass is 9.98. The number of nitrogens with zero attached hydrogens (tertiary/aromatic N) is 4. The Hall–Kier alpha value is -3.34. The van der Waals surface area contributed by atoms with E-state index in [2.05, 4.69) is 97.7 Å². The predicted octanol–water partition coefficient (Wildman–Crippen LogP) is 8.77. The van der Waals surface area contributed by atoms with Crippen LogP contribution in [0.25, 0.3) is 22.3 Å². The van der Waals surface area contributed by atoms with Crippen molar-refractivity contribution < 1.29 is 0 Å². The lowest BCUT2D eigenvalue weighted by Crippen LogP contribution is -2.12. The minimum atomic E-state index is 0.342. The molecule has 1 unspecified atom stereocenters. The van der Waals surface area contributed by atoms with Crippen molar-refractivity contribution >= 4 is 22.5 Å². The minimum absolute atomic E-state index is 0.342. The largest absolute Gasteiger partial charge is 0.379 e. The van der Waals surface area contributed by atoms with Crippen LogP contribution in [0.5, 0.6) is 0 Å². The standard InChI is InChI=1S/C31H41N5.C2H6/c1-9-21(5)24-15-13-23(14-16-24)19-33-27-18-26(25-12-11-17-32-31(25)35(7)8)34-29-22(6)28(10-2)36(20(3)4)30(27)29;1-2/h11-18,20-21H,9-10,19H2,1-8H3,(H,33,34);1-2H3. The Bertz CT molecular complexity index is 1330. The van der Waals surface area contributed by atoms with Crippen LogP contribution in [0, 0.1) is 6.92 Å². The van der Waals surface area contributed by atoms with Crippen LogP contribution in [0.3, 0.4) is 0 Å². The monoisotopic (exact) mass is 513 g/mol. The number of rotatable bonds is 9. The van der Waals surface area contributed by atoms with Gasteiger partial charge in [0.25, 0.3) is 0 Å². The summed E-state index contributed by atoms with van der Waals surface area (Å²) >= 11 is 0. The zero-order chi connectivity index (χ0) is 28.0. The fourth-order valence-electron chi connectivity index (χ4n) is 5.12. The van der Waals surface area contributed by atoms with E-state index in [1.165, 1.54) is 27.9 Å². The highest BCUT2D eigenvalue weighted by Gasteiger charge is 2.22. The summed E-state index contributed by atoms with van der Waals surface area (Å²) in [6, 6.07) is 15.7. The van der Waals surface area contributed by atoms with Crippen LogP contribution < -0.4 is 10.2 Å². The fraction of sp³-hybridized carbons (Fsp3) is 0.455. The van der Waals surface area contributed by atoms with Gasteiger partial charge in [-0.1, -0.05) is 58.9 Å². The molecule has 1 aromatic carbocycles. The Balaban J connectivity index is 0.00000195. The second-order valence-electron chi connectivity index (χ2n) is 10.3. The number of aryl methyl sites for hydroxylation is 1. The first-order valence-corrected chi connectivity index (χ1v) is 14.3. The summed E-state index contributed by atoms with van der Waals surface area (Å²) in [5.41, 5.74) is 10.7. The molecule has 0 saturated heterocycles.